The fourth-order valence-corrected chi connectivity index (χ4v) is 2.11. The van der Waals surface area contributed by atoms with E-state index in [-0.39, 0.29) is 11.9 Å². The lowest BCUT2D eigenvalue weighted by Crippen LogP contribution is -2.41. The second-order valence-electron chi connectivity index (χ2n) is 6.19. The van der Waals surface area contributed by atoms with E-state index < -0.39 is 5.54 Å². The molecule has 0 saturated heterocycles. The Kier molecular flexibility index (Phi) is 5.06. The monoisotopic (exact) mass is 336 g/mol. The predicted molar refractivity (Wildman–Crippen MR) is 88.3 cm³/mol. The van der Waals surface area contributed by atoms with Gasteiger partial charge in [-0.3, -0.25) is 9.69 Å². The van der Waals surface area contributed by atoms with Gasteiger partial charge in [0.25, 0.3) is 5.91 Å². The third-order valence-electron chi connectivity index (χ3n) is 3.65. The van der Waals surface area contributed by atoms with E-state index in [0.717, 1.165) is 0 Å². The molecule has 1 heterocycles. The van der Waals surface area contributed by atoms with Gasteiger partial charge in [0.2, 0.25) is 5.89 Å². The van der Waals surface area contributed by atoms with Crippen molar-refractivity contribution in [1.29, 1.82) is 0 Å². The maximum Gasteiger partial charge on any atom is 0.252 e. The van der Waals surface area contributed by atoms with Crippen molar-refractivity contribution in [2.24, 2.45) is 0 Å². The van der Waals surface area contributed by atoms with Gasteiger partial charge < -0.3 is 9.84 Å². The summed E-state index contributed by atoms with van der Waals surface area (Å²) in [6.45, 7) is 5.61. The largest absolute Gasteiger partial charge is 0.340 e. The molecular weight excluding hydrogens is 316 g/mol. The summed E-state index contributed by atoms with van der Waals surface area (Å²) in [7, 11) is 3.86. The number of rotatable bonds is 5. The molecule has 0 aliphatic rings. The van der Waals surface area contributed by atoms with Crippen LogP contribution in [0.5, 0.6) is 0 Å². The number of aromatic nitrogens is 2. The molecule has 0 aliphatic heterocycles. The van der Waals surface area contributed by atoms with Gasteiger partial charge in [0.15, 0.2) is 5.82 Å². The average molecular weight is 337 g/mol. The van der Waals surface area contributed by atoms with Gasteiger partial charge in [-0.25, -0.2) is 0 Å². The Morgan fingerprint density at radius 2 is 2.09 bits per heavy atom. The molecule has 0 fully saturated rings. The molecule has 0 spiro atoms. The lowest BCUT2D eigenvalue weighted by atomic mass is 10.0. The van der Waals surface area contributed by atoms with E-state index in [9.17, 15) is 4.79 Å². The van der Waals surface area contributed by atoms with Gasteiger partial charge in [-0.15, -0.1) is 0 Å². The van der Waals surface area contributed by atoms with Gasteiger partial charge in [0, 0.05) is 10.6 Å². The Morgan fingerprint density at radius 3 is 2.70 bits per heavy atom. The molecule has 0 saturated carbocycles. The minimum absolute atomic E-state index is 0.00400. The summed E-state index contributed by atoms with van der Waals surface area (Å²) in [4.78, 5) is 18.7. The SMILES string of the molecule is C[C@@H](c1nc(C(C)(C)NC(=O)c2cccc(Cl)c2)no1)N(C)C. The number of hydrogen-bond acceptors (Lipinski definition) is 5. The first-order chi connectivity index (χ1) is 10.7. The fraction of sp³-hybridized carbons (Fsp3) is 0.438. The zero-order valence-corrected chi connectivity index (χ0v) is 14.7. The first-order valence-corrected chi connectivity index (χ1v) is 7.67. The molecule has 1 amide bonds. The number of carbonyl (C=O) groups is 1. The molecule has 2 aromatic rings. The van der Waals surface area contributed by atoms with E-state index in [1.54, 1.807) is 24.3 Å². The molecule has 6 nitrogen and oxygen atoms in total. The highest BCUT2D eigenvalue weighted by atomic mass is 35.5. The summed E-state index contributed by atoms with van der Waals surface area (Å²) >= 11 is 5.92. The Balaban J connectivity index is 2.17. The van der Waals surface area contributed by atoms with Crippen molar-refractivity contribution in [1.82, 2.24) is 20.4 Å². The van der Waals surface area contributed by atoms with Crippen molar-refractivity contribution in [2.75, 3.05) is 14.1 Å². The van der Waals surface area contributed by atoms with Crippen molar-refractivity contribution >= 4 is 17.5 Å². The molecule has 1 atom stereocenters. The molecule has 0 aliphatic carbocycles. The van der Waals surface area contributed by atoms with Crippen LogP contribution in [0, 0.1) is 0 Å². The summed E-state index contributed by atoms with van der Waals surface area (Å²) in [5, 5.41) is 7.41. The highest BCUT2D eigenvalue weighted by Gasteiger charge is 2.30. The van der Waals surface area contributed by atoms with Gasteiger partial charge in [-0.2, -0.15) is 4.98 Å². The summed E-state index contributed by atoms with van der Waals surface area (Å²) in [6, 6.07) is 6.76. The van der Waals surface area contributed by atoms with Crippen molar-refractivity contribution in [3.8, 4) is 0 Å². The molecular formula is C16H21ClN4O2. The summed E-state index contributed by atoms with van der Waals surface area (Å²) < 4.78 is 5.31. The Morgan fingerprint density at radius 1 is 1.39 bits per heavy atom. The minimum atomic E-state index is -0.771. The van der Waals surface area contributed by atoms with Gasteiger partial charge in [-0.05, 0) is 53.1 Å². The minimum Gasteiger partial charge on any atom is -0.340 e. The first-order valence-electron chi connectivity index (χ1n) is 7.29. The lowest BCUT2D eigenvalue weighted by molar-refractivity contribution is 0.0907. The topological polar surface area (TPSA) is 71.3 Å². The van der Waals surface area contributed by atoms with E-state index >= 15 is 0 Å². The highest BCUT2D eigenvalue weighted by Crippen LogP contribution is 2.22. The molecule has 0 unspecified atom stereocenters. The zero-order valence-electron chi connectivity index (χ0n) is 13.9. The third-order valence-corrected chi connectivity index (χ3v) is 3.88. The van der Waals surface area contributed by atoms with Gasteiger partial charge >= 0.3 is 0 Å². The zero-order chi connectivity index (χ0) is 17.2. The van der Waals surface area contributed by atoms with Crippen LogP contribution in [0.25, 0.3) is 0 Å². The Labute approximate surface area is 140 Å². The lowest BCUT2D eigenvalue weighted by Gasteiger charge is -2.22. The van der Waals surface area contributed by atoms with E-state index in [1.807, 2.05) is 39.8 Å². The summed E-state index contributed by atoms with van der Waals surface area (Å²) in [6.07, 6.45) is 0. The Bertz CT molecular complexity index is 697. The standard InChI is InChI=1S/C16H21ClN4O2/c1-10(21(4)5)14-18-15(20-23-14)16(2,3)19-13(22)11-7-6-8-12(17)9-11/h6-10H,1-5H3,(H,19,22)/t10-/m0/s1. The number of halogens is 1. The second kappa shape index (κ2) is 6.68. The van der Waals surface area contributed by atoms with Crippen LogP contribution in [-0.2, 0) is 5.54 Å². The van der Waals surface area contributed by atoms with Crippen molar-refractivity contribution in [3.63, 3.8) is 0 Å². The fourth-order valence-electron chi connectivity index (χ4n) is 1.92. The van der Waals surface area contributed by atoms with E-state index in [1.165, 1.54) is 0 Å². The van der Waals surface area contributed by atoms with Crippen LogP contribution in [0.3, 0.4) is 0 Å². The number of hydrogen-bond donors (Lipinski definition) is 1. The van der Waals surface area contributed by atoms with Crippen LogP contribution in [0.1, 0.15) is 48.9 Å². The number of benzene rings is 1. The smallest absolute Gasteiger partial charge is 0.252 e. The van der Waals surface area contributed by atoms with Crippen molar-refractivity contribution < 1.29 is 9.32 Å². The molecule has 2 rings (SSSR count). The molecule has 1 aromatic heterocycles. The predicted octanol–water partition coefficient (Wildman–Crippen LogP) is 3.01. The van der Waals surface area contributed by atoms with E-state index in [0.29, 0.717) is 22.3 Å². The number of nitrogens with zero attached hydrogens (tertiary/aromatic N) is 3. The van der Waals surface area contributed by atoms with E-state index in [2.05, 4.69) is 15.5 Å². The average Bonchev–Trinajstić information content (AvgIpc) is 2.96. The van der Waals surface area contributed by atoms with E-state index in [4.69, 9.17) is 16.1 Å². The normalized spacial score (nSPS) is 13.2. The van der Waals surface area contributed by atoms with Crippen LogP contribution in [0.4, 0.5) is 0 Å². The maximum atomic E-state index is 12.4. The summed E-state index contributed by atoms with van der Waals surface area (Å²) in [5.74, 6) is 0.691. The second-order valence-corrected chi connectivity index (χ2v) is 6.62. The van der Waals surface area contributed by atoms with Gasteiger partial charge in [-0.1, -0.05) is 22.8 Å². The maximum absolute atomic E-state index is 12.4. The molecule has 0 bridgehead atoms. The molecule has 0 radical (unpaired) electrons. The van der Waals surface area contributed by atoms with Crippen LogP contribution in [0.2, 0.25) is 5.02 Å². The summed E-state index contributed by atoms with van der Waals surface area (Å²) in [5.41, 5.74) is -0.288. The van der Waals surface area contributed by atoms with Crippen LogP contribution < -0.4 is 5.32 Å². The molecule has 7 heteroatoms. The number of carbonyl (C=O) groups excluding carboxylic acids is 1. The van der Waals surface area contributed by atoms with Gasteiger partial charge in [0.05, 0.1) is 11.6 Å². The van der Waals surface area contributed by atoms with Crippen LogP contribution >= 0.6 is 11.6 Å². The number of amides is 1. The first kappa shape index (κ1) is 17.4. The number of nitrogens with one attached hydrogen (secondary N) is 1. The molecule has 1 aromatic carbocycles. The highest BCUT2D eigenvalue weighted by molar-refractivity contribution is 6.30. The Hall–Kier alpha value is -1.92. The van der Waals surface area contributed by atoms with Crippen molar-refractivity contribution in [2.45, 2.75) is 32.4 Å². The molecule has 23 heavy (non-hydrogen) atoms. The quantitative estimate of drug-likeness (QED) is 0.908. The van der Waals surface area contributed by atoms with Crippen LogP contribution in [0.15, 0.2) is 28.8 Å². The molecule has 1 N–H and O–H groups in total. The van der Waals surface area contributed by atoms with Crippen LogP contribution in [-0.4, -0.2) is 35.0 Å². The third kappa shape index (κ3) is 4.09. The van der Waals surface area contributed by atoms with Crippen molar-refractivity contribution in [3.05, 3.63) is 46.6 Å². The molecule has 124 valence electrons. The van der Waals surface area contributed by atoms with Gasteiger partial charge in [0.1, 0.15) is 0 Å².